The molecule has 0 unspecified atom stereocenters. The van der Waals surface area contributed by atoms with Crippen molar-refractivity contribution in [2.45, 2.75) is 6.42 Å². The Kier molecular flexibility index (Phi) is 7.37. The first-order valence-electron chi connectivity index (χ1n) is 13.7. The van der Waals surface area contributed by atoms with Crippen LogP contribution in [-0.4, -0.2) is 78.1 Å². The number of likely N-dealkylation sites (N-methyl/N-ethyl adjacent to an activating group) is 1. The summed E-state index contributed by atoms with van der Waals surface area (Å²) in [5.74, 6) is -0.655. The number of carbonyl (C=O) groups is 3. The molecule has 10 heteroatoms. The van der Waals surface area contributed by atoms with E-state index in [-0.39, 0.29) is 11.8 Å². The molecule has 2 N–H and O–H groups in total. The monoisotopic (exact) mass is 562 g/mol. The first-order valence-corrected chi connectivity index (χ1v) is 13.7. The maximum Gasteiger partial charge on any atom is 0.337 e. The molecule has 212 valence electrons. The number of anilines is 2. The Morgan fingerprint density at radius 2 is 1.62 bits per heavy atom. The van der Waals surface area contributed by atoms with E-state index in [1.165, 1.54) is 7.11 Å². The van der Waals surface area contributed by atoms with Crippen LogP contribution >= 0.6 is 0 Å². The molecule has 1 saturated heterocycles. The molecule has 3 aromatic carbocycles. The molecule has 6 rings (SSSR count). The highest BCUT2D eigenvalue weighted by Gasteiger charge is 2.29. The van der Waals surface area contributed by atoms with Gasteiger partial charge in [0.15, 0.2) is 0 Å². The fraction of sp³-hybridized carbons (Fsp3) is 0.219. The molecule has 0 aliphatic carbocycles. The van der Waals surface area contributed by atoms with Crippen molar-refractivity contribution in [3.8, 4) is 0 Å². The number of aromatic nitrogens is 2. The molecule has 0 atom stereocenters. The third-order valence-corrected chi connectivity index (χ3v) is 7.71. The van der Waals surface area contributed by atoms with E-state index in [9.17, 15) is 14.4 Å². The molecular weight excluding hydrogens is 532 g/mol. The van der Waals surface area contributed by atoms with Crippen LogP contribution in [0, 0.1) is 0 Å². The van der Waals surface area contributed by atoms with E-state index in [2.05, 4.69) is 32.8 Å². The van der Waals surface area contributed by atoms with Crippen molar-refractivity contribution in [3.05, 3.63) is 95.3 Å². The molecule has 1 aromatic heterocycles. The number of nitrogens with zero attached hydrogens (tertiary/aromatic N) is 4. The summed E-state index contributed by atoms with van der Waals surface area (Å²) in [7, 11) is 3.38. The van der Waals surface area contributed by atoms with Gasteiger partial charge in [-0.25, -0.2) is 4.79 Å². The molecule has 0 saturated carbocycles. The largest absolute Gasteiger partial charge is 0.465 e. The molecule has 1 fully saturated rings. The van der Waals surface area contributed by atoms with Gasteiger partial charge in [-0.05, 0) is 48.5 Å². The van der Waals surface area contributed by atoms with E-state index in [1.807, 2.05) is 47.4 Å². The minimum atomic E-state index is -0.482. The quantitative estimate of drug-likeness (QED) is 0.270. The number of nitrogens with one attached hydrogen (secondary N) is 2. The Hall–Kier alpha value is -5.09. The molecule has 4 aromatic rings. The lowest BCUT2D eigenvalue weighted by molar-refractivity contribution is -0.132. The van der Waals surface area contributed by atoms with Gasteiger partial charge in [-0.15, -0.1) is 0 Å². The predicted octanol–water partition coefficient (Wildman–Crippen LogP) is 3.67. The van der Waals surface area contributed by atoms with Gasteiger partial charge in [-0.3, -0.25) is 9.59 Å². The molecule has 2 aliphatic heterocycles. The third kappa shape index (κ3) is 5.44. The molecule has 3 heterocycles. The average Bonchev–Trinajstić information content (AvgIpc) is 3.34. The predicted molar refractivity (Wildman–Crippen MR) is 161 cm³/mol. The molecule has 0 radical (unpaired) electrons. The third-order valence-electron chi connectivity index (χ3n) is 7.71. The highest BCUT2D eigenvalue weighted by molar-refractivity contribution is 6.37. The normalized spacial score (nSPS) is 16.1. The van der Waals surface area contributed by atoms with E-state index in [1.54, 1.807) is 30.6 Å². The first kappa shape index (κ1) is 27.1. The number of hydrogen-bond donors (Lipinski definition) is 2. The van der Waals surface area contributed by atoms with E-state index < -0.39 is 5.97 Å². The van der Waals surface area contributed by atoms with Crippen molar-refractivity contribution in [1.29, 1.82) is 0 Å². The number of carbonyl (C=O) groups excluding carboxylic acids is 3. The van der Waals surface area contributed by atoms with Crippen molar-refractivity contribution >= 4 is 51.2 Å². The summed E-state index contributed by atoms with van der Waals surface area (Å²) < 4.78 is 4.85. The molecule has 2 amide bonds. The van der Waals surface area contributed by atoms with Crippen molar-refractivity contribution < 1.29 is 19.1 Å². The van der Waals surface area contributed by atoms with Crippen LogP contribution in [0.5, 0.6) is 0 Å². The summed E-state index contributed by atoms with van der Waals surface area (Å²) >= 11 is 0. The lowest BCUT2D eigenvalue weighted by Crippen LogP contribution is -2.47. The highest BCUT2D eigenvalue weighted by Crippen LogP contribution is 2.38. The van der Waals surface area contributed by atoms with Crippen LogP contribution in [0.3, 0.4) is 0 Å². The minimum absolute atomic E-state index is 0.122. The van der Waals surface area contributed by atoms with Crippen LogP contribution < -0.4 is 10.6 Å². The number of benzene rings is 3. The average molecular weight is 563 g/mol. The standard InChI is InChI=1S/C32H30N6O4/c1-37-11-13-38(14-12-37)28(39)15-20-3-8-25(9-4-20)35-30(21-5-6-23-18-33-34-19-24(23)16-21)29-26-10-7-22(32(41)42-2)17-27(26)36-31(29)40/h3-10,16-19,35H,11-15H2,1-2H3,(H,36,40)/b30-29-. The number of amides is 2. The summed E-state index contributed by atoms with van der Waals surface area (Å²) in [6.45, 7) is 3.25. The number of hydrogen-bond acceptors (Lipinski definition) is 8. The molecule has 42 heavy (non-hydrogen) atoms. The summed E-state index contributed by atoms with van der Waals surface area (Å²) in [4.78, 5) is 42.5. The van der Waals surface area contributed by atoms with Gasteiger partial charge >= 0.3 is 5.97 Å². The van der Waals surface area contributed by atoms with E-state index in [0.29, 0.717) is 34.5 Å². The lowest BCUT2D eigenvalue weighted by Gasteiger charge is -2.32. The fourth-order valence-electron chi connectivity index (χ4n) is 5.29. The van der Waals surface area contributed by atoms with Crippen LogP contribution in [0.2, 0.25) is 0 Å². The zero-order valence-electron chi connectivity index (χ0n) is 23.4. The Morgan fingerprint density at radius 1 is 0.905 bits per heavy atom. The summed E-state index contributed by atoms with van der Waals surface area (Å²) in [5, 5.41) is 16.1. The number of rotatable bonds is 6. The zero-order chi connectivity index (χ0) is 29.2. The lowest BCUT2D eigenvalue weighted by atomic mass is 9.97. The SMILES string of the molecule is COC(=O)c1ccc2c(c1)NC(=O)/C2=C(\Nc1ccc(CC(=O)N2CCN(C)CC2)cc1)c1ccc2cnncc2c1. The van der Waals surface area contributed by atoms with Crippen molar-refractivity contribution in [1.82, 2.24) is 20.0 Å². The second kappa shape index (κ2) is 11.4. The summed E-state index contributed by atoms with van der Waals surface area (Å²) in [6, 6.07) is 18.5. The Labute approximate surface area is 243 Å². The minimum Gasteiger partial charge on any atom is -0.465 e. The highest BCUT2D eigenvalue weighted by atomic mass is 16.5. The fourth-order valence-corrected chi connectivity index (χ4v) is 5.29. The van der Waals surface area contributed by atoms with Crippen molar-refractivity contribution in [2.75, 3.05) is 51.0 Å². The van der Waals surface area contributed by atoms with Crippen LogP contribution in [-0.2, 0) is 20.7 Å². The van der Waals surface area contributed by atoms with Crippen LogP contribution in [0.15, 0.2) is 73.1 Å². The first-order chi connectivity index (χ1) is 20.4. The second-order valence-corrected chi connectivity index (χ2v) is 10.5. The van der Waals surface area contributed by atoms with Crippen LogP contribution in [0.1, 0.15) is 27.0 Å². The Bertz CT molecular complexity index is 1730. The van der Waals surface area contributed by atoms with Crippen molar-refractivity contribution in [3.63, 3.8) is 0 Å². The molecule has 2 aliphatic rings. The number of esters is 1. The number of fused-ring (bicyclic) bond motifs is 2. The van der Waals surface area contributed by atoms with Crippen LogP contribution in [0.25, 0.3) is 22.0 Å². The van der Waals surface area contributed by atoms with Gasteiger partial charge in [0.1, 0.15) is 0 Å². The Morgan fingerprint density at radius 3 is 2.36 bits per heavy atom. The van der Waals surface area contributed by atoms with E-state index in [4.69, 9.17) is 4.74 Å². The van der Waals surface area contributed by atoms with Gasteiger partial charge in [0.2, 0.25) is 5.91 Å². The van der Waals surface area contributed by atoms with Crippen molar-refractivity contribution in [2.24, 2.45) is 0 Å². The topological polar surface area (TPSA) is 117 Å². The maximum atomic E-state index is 13.4. The molecule has 0 bridgehead atoms. The summed E-state index contributed by atoms with van der Waals surface area (Å²) in [5.41, 5.74) is 5.03. The van der Waals surface area contributed by atoms with Gasteiger partial charge in [0, 0.05) is 48.2 Å². The van der Waals surface area contributed by atoms with Gasteiger partial charge < -0.3 is 25.2 Å². The van der Waals surface area contributed by atoms with Gasteiger partial charge in [-0.2, -0.15) is 10.2 Å². The van der Waals surface area contributed by atoms with E-state index >= 15 is 0 Å². The van der Waals surface area contributed by atoms with Crippen LogP contribution in [0.4, 0.5) is 11.4 Å². The number of piperazine rings is 1. The molecule has 10 nitrogen and oxygen atoms in total. The molecule has 0 spiro atoms. The zero-order valence-corrected chi connectivity index (χ0v) is 23.4. The second-order valence-electron chi connectivity index (χ2n) is 10.5. The van der Waals surface area contributed by atoms with Gasteiger partial charge in [0.05, 0.1) is 48.4 Å². The smallest absolute Gasteiger partial charge is 0.337 e. The molecular formula is C32H30N6O4. The number of ether oxygens (including phenoxy) is 1. The maximum absolute atomic E-state index is 13.4. The summed E-state index contributed by atoms with van der Waals surface area (Å²) in [6.07, 6.45) is 3.70. The van der Waals surface area contributed by atoms with Gasteiger partial charge in [0.25, 0.3) is 5.91 Å². The van der Waals surface area contributed by atoms with E-state index in [0.717, 1.165) is 53.8 Å². The van der Waals surface area contributed by atoms with Gasteiger partial charge in [-0.1, -0.05) is 30.3 Å². The Balaban J connectivity index is 1.34. The number of methoxy groups -OCH3 is 1.